The van der Waals surface area contributed by atoms with E-state index in [4.69, 9.17) is 4.99 Å². The molecule has 1 aromatic carbocycles. The second-order valence-corrected chi connectivity index (χ2v) is 7.87. The summed E-state index contributed by atoms with van der Waals surface area (Å²) in [5.41, 5.74) is 1.94. The number of aliphatic hydroxyl groups excluding tert-OH is 1. The molecule has 0 aromatic heterocycles. The molecule has 0 radical (unpaired) electrons. The number of carbonyl (C=O) groups excluding carboxylic acids is 1. The predicted molar refractivity (Wildman–Crippen MR) is 112 cm³/mol. The molecule has 6 heteroatoms. The smallest absolute Gasteiger partial charge is 0.225 e. The molecule has 3 N–H and O–H groups in total. The molecule has 28 heavy (non-hydrogen) atoms. The van der Waals surface area contributed by atoms with E-state index in [1.54, 1.807) is 0 Å². The van der Waals surface area contributed by atoms with Crippen LogP contribution in [-0.4, -0.2) is 47.5 Å². The summed E-state index contributed by atoms with van der Waals surface area (Å²) in [6.07, 6.45) is 6.73. The van der Waals surface area contributed by atoms with Crippen LogP contribution in [0.3, 0.4) is 0 Å². The highest BCUT2D eigenvalue weighted by atomic mass is 16.3. The van der Waals surface area contributed by atoms with Gasteiger partial charge in [0.1, 0.15) is 0 Å². The third-order valence-electron chi connectivity index (χ3n) is 5.84. The van der Waals surface area contributed by atoms with E-state index >= 15 is 0 Å². The zero-order valence-corrected chi connectivity index (χ0v) is 17.0. The van der Waals surface area contributed by atoms with Gasteiger partial charge in [0.15, 0.2) is 5.96 Å². The average molecular weight is 387 g/mol. The molecule has 1 atom stereocenters. The Morgan fingerprint density at radius 1 is 1.18 bits per heavy atom. The number of carbonyl (C=O) groups is 1. The molecule has 1 unspecified atom stereocenters. The monoisotopic (exact) mass is 386 g/mol. The second-order valence-electron chi connectivity index (χ2n) is 7.87. The van der Waals surface area contributed by atoms with Crippen LogP contribution in [0.15, 0.2) is 29.3 Å². The highest BCUT2D eigenvalue weighted by Crippen LogP contribution is 2.26. The van der Waals surface area contributed by atoms with Crippen molar-refractivity contribution in [3.63, 3.8) is 0 Å². The molecule has 1 saturated heterocycles. The first-order valence-corrected chi connectivity index (χ1v) is 10.7. The van der Waals surface area contributed by atoms with Gasteiger partial charge in [-0.2, -0.15) is 0 Å². The molecular weight excluding hydrogens is 352 g/mol. The van der Waals surface area contributed by atoms with E-state index < -0.39 is 0 Å². The maximum Gasteiger partial charge on any atom is 0.225 e. The summed E-state index contributed by atoms with van der Waals surface area (Å²) in [4.78, 5) is 19.5. The summed E-state index contributed by atoms with van der Waals surface area (Å²) < 4.78 is 0. The van der Waals surface area contributed by atoms with E-state index in [0.717, 1.165) is 56.0 Å². The van der Waals surface area contributed by atoms with E-state index in [9.17, 15) is 9.90 Å². The lowest BCUT2D eigenvalue weighted by Gasteiger charge is -2.26. The minimum atomic E-state index is 0.0243. The van der Waals surface area contributed by atoms with Crippen LogP contribution in [0, 0.1) is 5.92 Å². The Balaban J connectivity index is 1.56. The van der Waals surface area contributed by atoms with E-state index in [-0.39, 0.29) is 18.6 Å². The summed E-state index contributed by atoms with van der Waals surface area (Å²) in [7, 11) is 0. The van der Waals surface area contributed by atoms with Crippen molar-refractivity contribution in [3.8, 4) is 0 Å². The minimum absolute atomic E-state index is 0.0243. The van der Waals surface area contributed by atoms with Gasteiger partial charge >= 0.3 is 0 Å². The lowest BCUT2D eigenvalue weighted by Crippen LogP contribution is -2.45. The fourth-order valence-corrected chi connectivity index (χ4v) is 4.23. The van der Waals surface area contributed by atoms with Crippen molar-refractivity contribution < 1.29 is 9.90 Å². The first kappa shape index (κ1) is 20.6. The molecular formula is C22H34N4O2. The molecule has 1 aliphatic heterocycles. The third kappa shape index (κ3) is 5.47. The summed E-state index contributed by atoms with van der Waals surface area (Å²) in [5, 5.41) is 16.3. The van der Waals surface area contributed by atoms with Crippen molar-refractivity contribution in [3.05, 3.63) is 35.4 Å². The number of nitrogens with zero attached hydrogens (tertiary/aromatic N) is 2. The third-order valence-corrected chi connectivity index (χ3v) is 5.84. The molecule has 2 aliphatic rings. The topological polar surface area (TPSA) is 77.0 Å². The van der Waals surface area contributed by atoms with E-state index in [1.807, 2.05) is 36.1 Å². The van der Waals surface area contributed by atoms with E-state index in [2.05, 4.69) is 10.6 Å². The van der Waals surface area contributed by atoms with Crippen LogP contribution in [0.1, 0.15) is 56.6 Å². The standard InChI is InChI=1S/C22H34N4O2/c1-2-23-22(24-14-18-10-6-7-11-19(18)16-27)25-20-12-13-26(15-20)21(28)17-8-4-3-5-9-17/h6-7,10-11,17,20,27H,2-5,8-9,12-16H2,1H3,(H2,23,24,25). The number of benzene rings is 1. The summed E-state index contributed by atoms with van der Waals surface area (Å²) >= 11 is 0. The lowest BCUT2D eigenvalue weighted by molar-refractivity contribution is -0.135. The number of guanidine groups is 1. The van der Waals surface area contributed by atoms with E-state index in [0.29, 0.717) is 12.5 Å². The number of likely N-dealkylation sites (tertiary alicyclic amines) is 1. The molecule has 1 aliphatic carbocycles. The largest absolute Gasteiger partial charge is 0.392 e. The van der Waals surface area contributed by atoms with Crippen LogP contribution in [0.25, 0.3) is 0 Å². The number of rotatable bonds is 6. The Hall–Kier alpha value is -2.08. The van der Waals surface area contributed by atoms with Crippen LogP contribution < -0.4 is 10.6 Å². The van der Waals surface area contributed by atoms with Crippen LogP contribution in [-0.2, 0) is 17.9 Å². The average Bonchev–Trinajstić information content (AvgIpc) is 3.21. The van der Waals surface area contributed by atoms with Gasteiger partial charge in [0, 0.05) is 31.6 Å². The SMILES string of the molecule is CCNC(=NCc1ccccc1CO)NC1CCN(C(=O)C2CCCCC2)C1. The highest BCUT2D eigenvalue weighted by molar-refractivity contribution is 5.81. The van der Waals surface area contributed by atoms with E-state index in [1.165, 1.54) is 19.3 Å². The van der Waals surface area contributed by atoms with Crippen LogP contribution >= 0.6 is 0 Å². The van der Waals surface area contributed by atoms with Crippen molar-refractivity contribution in [2.24, 2.45) is 10.9 Å². The van der Waals surface area contributed by atoms with Gasteiger partial charge in [-0.1, -0.05) is 43.5 Å². The van der Waals surface area contributed by atoms with Crippen molar-refractivity contribution in [1.82, 2.24) is 15.5 Å². The maximum atomic E-state index is 12.8. The van der Waals surface area contributed by atoms with Gasteiger partial charge in [0.25, 0.3) is 0 Å². The maximum absolute atomic E-state index is 12.8. The highest BCUT2D eigenvalue weighted by Gasteiger charge is 2.31. The zero-order chi connectivity index (χ0) is 19.8. The van der Waals surface area contributed by atoms with Gasteiger partial charge in [0.05, 0.1) is 13.2 Å². The fraction of sp³-hybridized carbons (Fsp3) is 0.636. The molecule has 1 heterocycles. The zero-order valence-electron chi connectivity index (χ0n) is 17.0. The fourth-order valence-electron chi connectivity index (χ4n) is 4.23. The second kappa shape index (κ2) is 10.5. The number of hydrogen-bond acceptors (Lipinski definition) is 3. The quantitative estimate of drug-likeness (QED) is 0.518. The van der Waals surface area contributed by atoms with Gasteiger partial charge in [0.2, 0.25) is 5.91 Å². The normalized spacial score (nSPS) is 21.0. The molecule has 3 rings (SSSR count). The molecule has 1 aromatic rings. The Morgan fingerprint density at radius 3 is 2.64 bits per heavy atom. The van der Waals surface area contributed by atoms with Gasteiger partial charge < -0.3 is 20.6 Å². The van der Waals surface area contributed by atoms with Crippen LogP contribution in [0.2, 0.25) is 0 Å². The Morgan fingerprint density at radius 2 is 1.93 bits per heavy atom. The lowest BCUT2D eigenvalue weighted by atomic mass is 9.88. The Labute approximate surface area is 168 Å². The summed E-state index contributed by atoms with van der Waals surface area (Å²) in [6.45, 7) is 4.96. The van der Waals surface area contributed by atoms with Crippen molar-refractivity contribution in [1.29, 1.82) is 0 Å². The number of aliphatic hydroxyl groups is 1. The molecule has 1 saturated carbocycles. The molecule has 6 nitrogen and oxygen atoms in total. The van der Waals surface area contributed by atoms with Gasteiger partial charge in [-0.05, 0) is 37.3 Å². The number of aliphatic imine (C=N–C) groups is 1. The summed E-state index contributed by atoms with van der Waals surface area (Å²) in [6, 6.07) is 8.06. The van der Waals surface area contributed by atoms with Crippen LogP contribution in [0.4, 0.5) is 0 Å². The van der Waals surface area contributed by atoms with Gasteiger partial charge in [-0.25, -0.2) is 4.99 Å². The molecule has 154 valence electrons. The number of amides is 1. The predicted octanol–water partition coefficient (Wildman–Crippen LogP) is 2.42. The molecule has 1 amide bonds. The molecule has 0 bridgehead atoms. The van der Waals surface area contributed by atoms with Crippen molar-refractivity contribution >= 4 is 11.9 Å². The molecule has 0 spiro atoms. The van der Waals surface area contributed by atoms with Gasteiger partial charge in [-0.3, -0.25) is 4.79 Å². The molecule has 2 fully saturated rings. The number of hydrogen-bond donors (Lipinski definition) is 3. The first-order chi connectivity index (χ1) is 13.7. The van der Waals surface area contributed by atoms with Gasteiger partial charge in [-0.15, -0.1) is 0 Å². The Bertz CT molecular complexity index is 670. The Kier molecular flexibility index (Phi) is 7.71. The minimum Gasteiger partial charge on any atom is -0.392 e. The summed E-state index contributed by atoms with van der Waals surface area (Å²) in [5.74, 6) is 1.36. The first-order valence-electron chi connectivity index (χ1n) is 10.7. The van der Waals surface area contributed by atoms with Crippen LogP contribution in [0.5, 0.6) is 0 Å². The van der Waals surface area contributed by atoms with Crippen molar-refractivity contribution in [2.75, 3.05) is 19.6 Å². The van der Waals surface area contributed by atoms with Crippen molar-refractivity contribution in [2.45, 2.75) is 64.6 Å². The number of nitrogens with one attached hydrogen (secondary N) is 2.